The van der Waals surface area contributed by atoms with Gasteiger partial charge in [0.1, 0.15) is 6.61 Å². The first kappa shape index (κ1) is 19.9. The Morgan fingerprint density at radius 2 is 1.93 bits per heavy atom. The van der Waals surface area contributed by atoms with E-state index in [0.717, 1.165) is 42.7 Å². The summed E-state index contributed by atoms with van der Waals surface area (Å²) in [6.45, 7) is 0.544. The third-order valence-corrected chi connectivity index (χ3v) is 5.01. The first-order valence-corrected chi connectivity index (χ1v) is 9.68. The van der Waals surface area contributed by atoms with Crippen LogP contribution in [0.25, 0.3) is 5.69 Å². The fraction of sp³-hybridized carbons (Fsp3) is 0.273. The number of rotatable bonds is 7. The summed E-state index contributed by atoms with van der Waals surface area (Å²) in [4.78, 5) is 12.7. The predicted octanol–water partition coefficient (Wildman–Crippen LogP) is 3.46. The first-order valence-electron chi connectivity index (χ1n) is 9.68. The molecule has 2 aromatic carbocycles. The number of hydrogen-bond donors (Lipinski definition) is 1. The van der Waals surface area contributed by atoms with Gasteiger partial charge in [-0.05, 0) is 43.5 Å². The lowest BCUT2D eigenvalue weighted by molar-refractivity contribution is 0.0940. The Morgan fingerprint density at radius 1 is 1.13 bits per heavy atom. The third kappa shape index (κ3) is 3.85. The van der Waals surface area contributed by atoms with Crippen LogP contribution in [0.1, 0.15) is 28.2 Å². The summed E-state index contributed by atoms with van der Waals surface area (Å²) in [5.41, 5.74) is 2.41. The van der Waals surface area contributed by atoms with E-state index < -0.39 is 11.6 Å². The number of nitrogens with zero attached hydrogens (tertiary/aromatic N) is 2. The van der Waals surface area contributed by atoms with Crippen molar-refractivity contribution < 1.29 is 23.0 Å². The van der Waals surface area contributed by atoms with Crippen molar-refractivity contribution >= 4 is 5.91 Å². The molecule has 0 fully saturated rings. The van der Waals surface area contributed by atoms with Crippen molar-refractivity contribution in [2.24, 2.45) is 0 Å². The highest BCUT2D eigenvalue weighted by Gasteiger charge is 2.27. The number of hydrogen-bond acceptors (Lipinski definition) is 4. The molecule has 30 heavy (non-hydrogen) atoms. The summed E-state index contributed by atoms with van der Waals surface area (Å²) < 4.78 is 39.4. The van der Waals surface area contributed by atoms with Crippen LogP contribution in [0.2, 0.25) is 0 Å². The molecule has 0 unspecified atom stereocenters. The van der Waals surface area contributed by atoms with E-state index in [1.54, 1.807) is 19.2 Å². The van der Waals surface area contributed by atoms with Gasteiger partial charge in [0.25, 0.3) is 5.91 Å². The second-order valence-corrected chi connectivity index (χ2v) is 6.89. The average molecular weight is 413 g/mol. The lowest BCUT2D eigenvalue weighted by Crippen LogP contribution is -2.29. The zero-order chi connectivity index (χ0) is 21.1. The Kier molecular flexibility index (Phi) is 5.65. The fourth-order valence-electron chi connectivity index (χ4n) is 3.60. The monoisotopic (exact) mass is 413 g/mol. The topological polar surface area (TPSA) is 65.4 Å². The van der Waals surface area contributed by atoms with E-state index in [1.165, 1.54) is 10.7 Å². The highest BCUT2D eigenvalue weighted by molar-refractivity contribution is 5.94. The van der Waals surface area contributed by atoms with Gasteiger partial charge in [0.15, 0.2) is 28.8 Å². The van der Waals surface area contributed by atoms with Crippen LogP contribution in [0.3, 0.4) is 0 Å². The van der Waals surface area contributed by atoms with Crippen molar-refractivity contribution in [3.8, 4) is 17.2 Å². The Hall–Kier alpha value is -3.42. The van der Waals surface area contributed by atoms with Crippen molar-refractivity contribution in [3.63, 3.8) is 0 Å². The van der Waals surface area contributed by atoms with E-state index in [9.17, 15) is 13.6 Å². The number of halogens is 2. The van der Waals surface area contributed by atoms with E-state index in [-0.39, 0.29) is 19.1 Å². The minimum atomic E-state index is -0.950. The van der Waals surface area contributed by atoms with Crippen molar-refractivity contribution in [2.45, 2.75) is 19.3 Å². The van der Waals surface area contributed by atoms with Crippen LogP contribution >= 0.6 is 0 Å². The molecule has 1 heterocycles. The molecule has 0 bridgehead atoms. The summed E-state index contributed by atoms with van der Waals surface area (Å²) in [5, 5.41) is 7.20. The highest BCUT2D eigenvalue weighted by Crippen LogP contribution is 2.28. The molecule has 0 atom stereocenters. The van der Waals surface area contributed by atoms with Crippen LogP contribution < -0.4 is 14.8 Å². The molecule has 8 heteroatoms. The number of amides is 1. The molecule has 1 N–H and O–H groups in total. The Morgan fingerprint density at radius 3 is 2.70 bits per heavy atom. The molecule has 1 aliphatic carbocycles. The van der Waals surface area contributed by atoms with Gasteiger partial charge in [-0.25, -0.2) is 13.5 Å². The molecule has 3 aromatic rings. The Bertz CT molecular complexity index is 1080. The standard InChI is InChI=1S/C22H21F2N3O3/c1-29-19-7-2-3-8-20(19)30-12-11-25-22(28)21-15-5-4-6-18(15)27(26-21)14-9-10-16(23)17(24)13-14/h2-3,7-10,13H,4-6,11-12H2,1H3,(H,25,28). The number of fused-ring (bicyclic) bond motifs is 1. The second kappa shape index (κ2) is 8.52. The fourth-order valence-corrected chi connectivity index (χ4v) is 3.60. The number of carbonyl (C=O) groups is 1. The molecule has 4 rings (SSSR count). The summed E-state index contributed by atoms with van der Waals surface area (Å²) in [6.07, 6.45) is 2.33. The zero-order valence-electron chi connectivity index (χ0n) is 16.5. The van der Waals surface area contributed by atoms with Crippen LogP contribution in [-0.4, -0.2) is 35.9 Å². The number of aromatic nitrogens is 2. The molecule has 0 spiro atoms. The SMILES string of the molecule is COc1ccccc1OCCNC(=O)c1nn(-c2ccc(F)c(F)c2)c2c1CCC2. The second-order valence-electron chi connectivity index (χ2n) is 6.89. The van der Waals surface area contributed by atoms with Crippen LogP contribution in [0.15, 0.2) is 42.5 Å². The molecule has 1 aromatic heterocycles. The van der Waals surface area contributed by atoms with Gasteiger partial charge >= 0.3 is 0 Å². The molecule has 1 amide bonds. The van der Waals surface area contributed by atoms with Gasteiger partial charge in [0.05, 0.1) is 19.3 Å². The van der Waals surface area contributed by atoms with E-state index in [0.29, 0.717) is 22.9 Å². The number of benzene rings is 2. The van der Waals surface area contributed by atoms with Crippen LogP contribution in [0.4, 0.5) is 8.78 Å². The van der Waals surface area contributed by atoms with E-state index in [2.05, 4.69) is 10.4 Å². The van der Waals surface area contributed by atoms with E-state index in [1.807, 2.05) is 12.1 Å². The maximum atomic E-state index is 13.7. The average Bonchev–Trinajstić information content (AvgIpc) is 3.36. The molecule has 1 aliphatic rings. The lowest BCUT2D eigenvalue weighted by atomic mass is 10.2. The van der Waals surface area contributed by atoms with Gasteiger partial charge in [-0.15, -0.1) is 0 Å². The van der Waals surface area contributed by atoms with Crippen LogP contribution in [0.5, 0.6) is 11.5 Å². The van der Waals surface area contributed by atoms with Crippen molar-refractivity contribution in [1.29, 1.82) is 0 Å². The smallest absolute Gasteiger partial charge is 0.272 e. The quantitative estimate of drug-likeness (QED) is 0.603. The Labute approximate surface area is 172 Å². The normalized spacial score (nSPS) is 12.5. The van der Waals surface area contributed by atoms with E-state index in [4.69, 9.17) is 9.47 Å². The molecule has 0 aliphatic heterocycles. The minimum Gasteiger partial charge on any atom is -0.493 e. The predicted molar refractivity (Wildman–Crippen MR) is 106 cm³/mol. The summed E-state index contributed by atoms with van der Waals surface area (Å²) >= 11 is 0. The summed E-state index contributed by atoms with van der Waals surface area (Å²) in [5.74, 6) is -0.979. The first-order chi connectivity index (χ1) is 14.6. The van der Waals surface area contributed by atoms with Crippen LogP contribution in [0, 0.1) is 11.6 Å². The Balaban J connectivity index is 1.45. The molecule has 156 valence electrons. The zero-order valence-corrected chi connectivity index (χ0v) is 16.5. The molecular formula is C22H21F2N3O3. The van der Waals surface area contributed by atoms with E-state index >= 15 is 0 Å². The van der Waals surface area contributed by atoms with Gasteiger partial charge in [0, 0.05) is 17.3 Å². The number of carbonyl (C=O) groups excluding carboxylic acids is 1. The number of para-hydroxylation sites is 2. The molecule has 6 nitrogen and oxygen atoms in total. The van der Waals surface area contributed by atoms with Crippen molar-refractivity contribution in [3.05, 3.63) is 71.1 Å². The number of methoxy groups -OCH3 is 1. The molecule has 0 saturated heterocycles. The molecular weight excluding hydrogens is 392 g/mol. The van der Waals surface area contributed by atoms with Gasteiger partial charge in [-0.2, -0.15) is 5.10 Å². The third-order valence-electron chi connectivity index (χ3n) is 5.01. The van der Waals surface area contributed by atoms with Crippen molar-refractivity contribution in [1.82, 2.24) is 15.1 Å². The maximum Gasteiger partial charge on any atom is 0.272 e. The molecule has 0 saturated carbocycles. The van der Waals surface area contributed by atoms with Gasteiger partial charge in [-0.3, -0.25) is 4.79 Å². The largest absolute Gasteiger partial charge is 0.493 e. The summed E-state index contributed by atoms with van der Waals surface area (Å²) in [6, 6.07) is 10.9. The lowest BCUT2D eigenvalue weighted by Gasteiger charge is -2.10. The summed E-state index contributed by atoms with van der Waals surface area (Å²) in [7, 11) is 1.56. The van der Waals surface area contributed by atoms with Gasteiger partial charge in [-0.1, -0.05) is 12.1 Å². The molecule has 0 radical (unpaired) electrons. The minimum absolute atomic E-state index is 0.262. The van der Waals surface area contributed by atoms with Crippen molar-refractivity contribution in [2.75, 3.05) is 20.3 Å². The number of ether oxygens (including phenoxy) is 2. The maximum absolute atomic E-state index is 13.7. The van der Waals surface area contributed by atoms with Gasteiger partial charge in [0.2, 0.25) is 0 Å². The number of nitrogens with one attached hydrogen (secondary N) is 1. The highest BCUT2D eigenvalue weighted by atomic mass is 19.2. The van der Waals surface area contributed by atoms with Gasteiger partial charge < -0.3 is 14.8 Å². The van der Waals surface area contributed by atoms with Crippen LogP contribution in [-0.2, 0) is 12.8 Å².